The molecule has 0 spiro atoms. The highest BCUT2D eigenvalue weighted by molar-refractivity contribution is 5.96. The first-order valence-electron chi connectivity index (χ1n) is 18.3. The largest absolute Gasteiger partial charge is 0.508 e. The Balaban J connectivity index is 0.965. The van der Waals surface area contributed by atoms with Crippen LogP contribution in [0.15, 0.2) is 59.7 Å². The molecule has 2 aromatic carbocycles. The van der Waals surface area contributed by atoms with E-state index in [-0.39, 0.29) is 41.2 Å². The molecule has 1 aromatic heterocycles. The lowest BCUT2D eigenvalue weighted by atomic mass is 9.90. The molecule has 1 unspecified atom stereocenters. The maximum atomic E-state index is 14.4. The number of aliphatic imine (C=N–C) groups is 1. The quantitative estimate of drug-likeness (QED) is 0.246. The number of hydrogen-bond acceptors (Lipinski definition) is 9. The molecule has 270 valence electrons. The zero-order valence-electron chi connectivity index (χ0n) is 29.4. The lowest BCUT2D eigenvalue weighted by molar-refractivity contribution is -0.123. The number of aromatic hydroxyl groups is 1. The molecule has 3 fully saturated rings. The second kappa shape index (κ2) is 15.4. The molecule has 7 rings (SSSR count). The number of nitrogens with zero attached hydrogens (tertiary/aromatic N) is 4. The number of fused-ring (bicyclic) bond motifs is 1. The SMILES string of the molecule is C[C@@H]1CN(Cc2cc(-c3cccc(Oc4ncc(F)cc4C(=O)NC4CCC(NC(=O)C5CN6CCCCC6=N5)CC4)c3)ccc2O)C[C@H](C)N1. The van der Waals surface area contributed by atoms with Crippen LogP contribution in [0.1, 0.15) is 74.7 Å². The van der Waals surface area contributed by atoms with Gasteiger partial charge in [0.2, 0.25) is 11.8 Å². The number of benzene rings is 2. The summed E-state index contributed by atoms with van der Waals surface area (Å²) >= 11 is 0. The van der Waals surface area contributed by atoms with Gasteiger partial charge in [-0.15, -0.1) is 0 Å². The molecule has 4 heterocycles. The number of amidine groups is 1. The molecule has 3 atom stereocenters. The summed E-state index contributed by atoms with van der Waals surface area (Å²) in [5, 5.41) is 20.4. The Bertz CT molecular complexity index is 1770. The fourth-order valence-electron chi connectivity index (χ4n) is 7.95. The average molecular weight is 698 g/mol. The van der Waals surface area contributed by atoms with Crippen molar-refractivity contribution in [2.75, 3.05) is 26.2 Å². The highest BCUT2D eigenvalue weighted by Crippen LogP contribution is 2.32. The number of carbonyl (C=O) groups excluding carboxylic acids is 2. The highest BCUT2D eigenvalue weighted by atomic mass is 19.1. The number of ether oxygens (including phenoxy) is 1. The summed E-state index contributed by atoms with van der Waals surface area (Å²) in [5.41, 5.74) is 2.63. The summed E-state index contributed by atoms with van der Waals surface area (Å²) < 4.78 is 20.5. The summed E-state index contributed by atoms with van der Waals surface area (Å²) in [4.78, 5) is 39.8. The zero-order valence-corrected chi connectivity index (χ0v) is 29.4. The van der Waals surface area contributed by atoms with Crippen LogP contribution in [-0.2, 0) is 11.3 Å². The lowest BCUT2D eigenvalue weighted by Crippen LogP contribution is -2.53. The fourth-order valence-corrected chi connectivity index (χ4v) is 7.95. The van der Waals surface area contributed by atoms with Gasteiger partial charge in [0.25, 0.3) is 5.91 Å². The molecule has 1 aliphatic carbocycles. The van der Waals surface area contributed by atoms with Gasteiger partial charge in [-0.1, -0.05) is 18.2 Å². The number of rotatable bonds is 9. The summed E-state index contributed by atoms with van der Waals surface area (Å²) in [6, 6.07) is 14.4. The first kappa shape index (κ1) is 34.9. The van der Waals surface area contributed by atoms with Crippen molar-refractivity contribution in [2.45, 2.75) is 95.5 Å². The second-order valence-corrected chi connectivity index (χ2v) is 14.6. The highest BCUT2D eigenvalue weighted by Gasteiger charge is 2.33. The number of hydrogen-bond donors (Lipinski definition) is 4. The Morgan fingerprint density at radius 2 is 1.71 bits per heavy atom. The van der Waals surface area contributed by atoms with E-state index in [0.717, 1.165) is 86.5 Å². The van der Waals surface area contributed by atoms with Crippen molar-refractivity contribution < 1.29 is 23.8 Å². The normalized spacial score (nSPS) is 25.1. The first-order valence-corrected chi connectivity index (χ1v) is 18.3. The van der Waals surface area contributed by atoms with E-state index in [1.807, 2.05) is 30.3 Å². The van der Waals surface area contributed by atoms with Crippen molar-refractivity contribution in [3.63, 3.8) is 0 Å². The minimum Gasteiger partial charge on any atom is -0.508 e. The number of piperidine rings is 1. The molecule has 0 bridgehead atoms. The Hall–Kier alpha value is -4.55. The van der Waals surface area contributed by atoms with Crippen LogP contribution in [0.5, 0.6) is 17.4 Å². The van der Waals surface area contributed by atoms with Crippen molar-refractivity contribution in [1.82, 2.24) is 30.7 Å². The van der Waals surface area contributed by atoms with Crippen LogP contribution in [0.4, 0.5) is 4.39 Å². The number of pyridine rings is 1. The number of amides is 2. The van der Waals surface area contributed by atoms with Crippen LogP contribution >= 0.6 is 0 Å². The third-order valence-electron chi connectivity index (χ3n) is 10.4. The van der Waals surface area contributed by atoms with Gasteiger partial charge in [-0.3, -0.25) is 19.5 Å². The molecule has 51 heavy (non-hydrogen) atoms. The van der Waals surface area contributed by atoms with Crippen molar-refractivity contribution in [2.24, 2.45) is 4.99 Å². The van der Waals surface area contributed by atoms with Crippen molar-refractivity contribution >= 4 is 17.6 Å². The Labute approximate surface area is 298 Å². The van der Waals surface area contributed by atoms with Gasteiger partial charge in [-0.2, -0.15) is 0 Å². The van der Waals surface area contributed by atoms with E-state index in [2.05, 4.69) is 49.6 Å². The van der Waals surface area contributed by atoms with Crippen LogP contribution < -0.4 is 20.7 Å². The molecule has 12 heteroatoms. The van der Waals surface area contributed by atoms with E-state index in [1.165, 1.54) is 0 Å². The molecule has 3 aliphatic heterocycles. The van der Waals surface area contributed by atoms with E-state index in [1.54, 1.807) is 12.1 Å². The molecule has 11 nitrogen and oxygen atoms in total. The van der Waals surface area contributed by atoms with Gasteiger partial charge in [0, 0.05) is 62.3 Å². The molecule has 1 saturated carbocycles. The topological polar surface area (TPSA) is 131 Å². The Morgan fingerprint density at radius 1 is 0.961 bits per heavy atom. The molecule has 0 radical (unpaired) electrons. The zero-order chi connectivity index (χ0) is 35.5. The maximum absolute atomic E-state index is 14.4. The molecule has 2 saturated heterocycles. The monoisotopic (exact) mass is 697 g/mol. The molecular weight excluding hydrogens is 649 g/mol. The van der Waals surface area contributed by atoms with Gasteiger partial charge in [0.1, 0.15) is 34.8 Å². The third-order valence-corrected chi connectivity index (χ3v) is 10.4. The van der Waals surface area contributed by atoms with Gasteiger partial charge < -0.3 is 30.7 Å². The van der Waals surface area contributed by atoms with Crippen LogP contribution in [-0.4, -0.2) is 93.9 Å². The number of aromatic nitrogens is 1. The van der Waals surface area contributed by atoms with Gasteiger partial charge in [0.15, 0.2) is 0 Å². The van der Waals surface area contributed by atoms with Gasteiger partial charge >= 0.3 is 0 Å². The van der Waals surface area contributed by atoms with Crippen LogP contribution in [0.25, 0.3) is 11.1 Å². The Kier molecular flexibility index (Phi) is 10.5. The average Bonchev–Trinajstić information content (AvgIpc) is 3.55. The van der Waals surface area contributed by atoms with E-state index in [9.17, 15) is 19.1 Å². The number of carbonyl (C=O) groups is 2. The maximum Gasteiger partial charge on any atom is 0.257 e. The lowest BCUT2D eigenvalue weighted by Gasteiger charge is -2.36. The molecule has 4 aliphatic rings. The van der Waals surface area contributed by atoms with E-state index >= 15 is 0 Å². The van der Waals surface area contributed by atoms with Crippen molar-refractivity contribution in [3.8, 4) is 28.5 Å². The predicted molar refractivity (Wildman–Crippen MR) is 193 cm³/mol. The Morgan fingerprint density at radius 3 is 2.47 bits per heavy atom. The molecule has 3 aromatic rings. The number of nitrogens with one attached hydrogen (secondary N) is 3. The number of phenols is 1. The summed E-state index contributed by atoms with van der Waals surface area (Å²) in [7, 11) is 0. The summed E-state index contributed by atoms with van der Waals surface area (Å²) in [6.07, 6.45) is 7.09. The van der Waals surface area contributed by atoms with E-state index in [4.69, 9.17) is 4.74 Å². The first-order chi connectivity index (χ1) is 24.7. The molecular formula is C39H48FN7O4. The number of phenolic OH excluding ortho intramolecular Hbond substituents is 1. The van der Waals surface area contributed by atoms with Gasteiger partial charge in [-0.05, 0) is 93.8 Å². The summed E-state index contributed by atoms with van der Waals surface area (Å²) in [6.45, 7) is 8.40. The van der Waals surface area contributed by atoms with Crippen LogP contribution in [0.2, 0.25) is 0 Å². The smallest absolute Gasteiger partial charge is 0.257 e. The van der Waals surface area contributed by atoms with Crippen LogP contribution in [0.3, 0.4) is 0 Å². The van der Waals surface area contributed by atoms with Crippen molar-refractivity contribution in [3.05, 3.63) is 71.7 Å². The standard InChI is InChI=1S/C39H48FN7O4/c1-24-20-46(21-25(2)42-24)22-28-16-27(9-14-35(28)48)26-6-5-7-32(17-26)51-39-33(18-29(40)19-41-39)37(49)43-30-10-12-31(13-11-30)44-38(50)34-23-47-15-4-3-8-36(47)45-34/h5-7,9,14,16-19,24-25,30-31,34,42,48H,3-4,8,10-13,15,20-23H2,1-2H3,(H,43,49)(H,44,50)/t24-,25+,30?,31?,34?. The van der Waals surface area contributed by atoms with Gasteiger partial charge in [-0.25, -0.2) is 9.37 Å². The fraction of sp³-hybridized carbons (Fsp3) is 0.487. The van der Waals surface area contributed by atoms with Crippen molar-refractivity contribution in [1.29, 1.82) is 0 Å². The van der Waals surface area contributed by atoms with E-state index in [0.29, 0.717) is 43.8 Å². The van der Waals surface area contributed by atoms with Crippen LogP contribution in [0, 0.1) is 5.82 Å². The minimum absolute atomic E-state index is 0.00910. The number of piperazine rings is 1. The second-order valence-electron chi connectivity index (χ2n) is 14.6. The van der Waals surface area contributed by atoms with E-state index < -0.39 is 11.7 Å². The summed E-state index contributed by atoms with van der Waals surface area (Å²) in [5.74, 6) is 0.654. The predicted octanol–water partition coefficient (Wildman–Crippen LogP) is 4.99. The van der Waals surface area contributed by atoms with Gasteiger partial charge in [0.05, 0.1) is 12.7 Å². The molecule has 2 amide bonds. The third kappa shape index (κ3) is 8.50. The molecule has 4 N–H and O–H groups in total. The number of halogens is 1. The minimum atomic E-state index is -0.635.